The number of carbonyl (C=O) groups is 2. The van der Waals surface area contributed by atoms with E-state index in [-0.39, 0.29) is 17.7 Å². The van der Waals surface area contributed by atoms with Crippen molar-refractivity contribution in [3.8, 4) is 5.75 Å². The molecule has 5 nitrogen and oxygen atoms in total. The zero-order valence-corrected chi connectivity index (χ0v) is 18.6. The number of hydrogen-bond donors (Lipinski definition) is 1. The Kier molecular flexibility index (Phi) is 6.47. The van der Waals surface area contributed by atoms with E-state index in [2.05, 4.69) is 5.32 Å². The van der Waals surface area contributed by atoms with Crippen molar-refractivity contribution < 1.29 is 14.3 Å². The van der Waals surface area contributed by atoms with Crippen LogP contribution in [0, 0.1) is 5.92 Å². The molecule has 0 spiro atoms. The van der Waals surface area contributed by atoms with E-state index in [4.69, 9.17) is 4.74 Å². The lowest BCUT2D eigenvalue weighted by Gasteiger charge is -2.32. The lowest BCUT2D eigenvalue weighted by atomic mass is 9.89. The molecule has 0 radical (unpaired) electrons. The van der Waals surface area contributed by atoms with Crippen LogP contribution in [0.1, 0.15) is 23.2 Å². The number of amides is 2. The normalized spacial score (nSPS) is 16.2. The number of carbonyl (C=O) groups excluding carboxylic acids is 2. The highest BCUT2D eigenvalue weighted by atomic mass is 32.2. The second-order valence-corrected chi connectivity index (χ2v) is 8.62. The number of piperidine rings is 1. The lowest BCUT2D eigenvalue weighted by Crippen LogP contribution is -2.44. The van der Waals surface area contributed by atoms with Gasteiger partial charge in [0.1, 0.15) is 5.75 Å². The highest BCUT2D eigenvalue weighted by Gasteiger charge is 2.29. The summed E-state index contributed by atoms with van der Waals surface area (Å²) in [5.41, 5.74) is 1.46. The Morgan fingerprint density at radius 1 is 1.03 bits per heavy atom. The Morgan fingerprint density at radius 3 is 2.52 bits per heavy atom. The first-order valence-electron chi connectivity index (χ1n) is 10.4. The van der Waals surface area contributed by atoms with Gasteiger partial charge in [-0.1, -0.05) is 18.2 Å². The lowest BCUT2D eigenvalue weighted by molar-refractivity contribution is 0.0851. The van der Waals surface area contributed by atoms with Gasteiger partial charge >= 0.3 is 6.03 Å². The minimum atomic E-state index is -0.186. The number of hydrogen-bond acceptors (Lipinski definition) is 4. The number of benzene rings is 3. The van der Waals surface area contributed by atoms with Crippen molar-refractivity contribution in [1.29, 1.82) is 0 Å². The molecule has 31 heavy (non-hydrogen) atoms. The highest BCUT2D eigenvalue weighted by molar-refractivity contribution is 7.98. The molecular formula is C25H26N2O3S. The molecule has 1 fully saturated rings. The van der Waals surface area contributed by atoms with Gasteiger partial charge in [-0.05, 0) is 72.3 Å². The molecule has 2 amide bonds. The van der Waals surface area contributed by atoms with Crippen LogP contribution in [0.25, 0.3) is 10.8 Å². The molecule has 1 N–H and O–H groups in total. The number of thioether (sulfide) groups is 1. The number of ketones is 1. The highest BCUT2D eigenvalue weighted by Crippen LogP contribution is 2.26. The predicted molar refractivity (Wildman–Crippen MR) is 126 cm³/mol. The van der Waals surface area contributed by atoms with E-state index in [1.54, 1.807) is 23.8 Å². The van der Waals surface area contributed by atoms with Gasteiger partial charge in [0.2, 0.25) is 0 Å². The molecule has 1 heterocycles. The van der Waals surface area contributed by atoms with Gasteiger partial charge in [-0.2, -0.15) is 0 Å². The Morgan fingerprint density at radius 2 is 1.77 bits per heavy atom. The molecule has 3 aromatic carbocycles. The Labute approximate surface area is 186 Å². The number of ether oxygens (including phenoxy) is 1. The molecule has 1 atom stereocenters. The fourth-order valence-corrected chi connectivity index (χ4v) is 4.40. The summed E-state index contributed by atoms with van der Waals surface area (Å²) in [5.74, 6) is 0.706. The number of urea groups is 1. The molecule has 4 rings (SSSR count). The SMILES string of the molecule is COc1ccc2cc(C(=O)[C@@H]3CCCN(C(=O)Nc4ccc(SC)cc4)C3)ccc2c1. The largest absolute Gasteiger partial charge is 0.497 e. The topological polar surface area (TPSA) is 58.6 Å². The summed E-state index contributed by atoms with van der Waals surface area (Å²) in [4.78, 5) is 28.8. The van der Waals surface area contributed by atoms with E-state index in [0.717, 1.165) is 39.9 Å². The van der Waals surface area contributed by atoms with Gasteiger partial charge in [-0.25, -0.2) is 4.79 Å². The summed E-state index contributed by atoms with van der Waals surface area (Å²) in [5, 5.41) is 4.99. The molecule has 6 heteroatoms. The molecule has 0 bridgehead atoms. The van der Waals surface area contributed by atoms with Crippen molar-refractivity contribution in [3.63, 3.8) is 0 Å². The molecule has 0 aromatic heterocycles. The van der Waals surface area contributed by atoms with Gasteiger partial charge in [0, 0.05) is 35.2 Å². The van der Waals surface area contributed by atoms with Crippen molar-refractivity contribution in [3.05, 3.63) is 66.2 Å². The third-order valence-corrected chi connectivity index (χ3v) is 6.50. The monoisotopic (exact) mass is 434 g/mol. The van der Waals surface area contributed by atoms with Crippen LogP contribution < -0.4 is 10.1 Å². The number of likely N-dealkylation sites (tertiary alicyclic amines) is 1. The average Bonchev–Trinajstić information content (AvgIpc) is 2.83. The number of methoxy groups -OCH3 is 1. The first-order valence-corrected chi connectivity index (χ1v) is 11.6. The average molecular weight is 435 g/mol. The number of Topliss-reactive ketones (excluding diaryl/α,β-unsaturated/α-hetero) is 1. The van der Waals surface area contributed by atoms with Crippen LogP contribution in [-0.4, -0.2) is 43.2 Å². The molecule has 3 aromatic rings. The Bertz CT molecular complexity index is 1100. The van der Waals surface area contributed by atoms with E-state index >= 15 is 0 Å². The van der Waals surface area contributed by atoms with Crippen molar-refractivity contribution >= 4 is 40.0 Å². The Balaban J connectivity index is 1.44. The number of anilines is 1. The van der Waals surface area contributed by atoms with Gasteiger partial charge in [-0.15, -0.1) is 11.8 Å². The maximum Gasteiger partial charge on any atom is 0.321 e. The third-order valence-electron chi connectivity index (χ3n) is 5.75. The van der Waals surface area contributed by atoms with Crippen LogP contribution in [0.4, 0.5) is 10.5 Å². The molecule has 0 aliphatic carbocycles. The first kappa shape index (κ1) is 21.2. The summed E-state index contributed by atoms with van der Waals surface area (Å²) < 4.78 is 5.27. The van der Waals surface area contributed by atoms with E-state index in [0.29, 0.717) is 18.7 Å². The molecule has 1 aliphatic heterocycles. The fourth-order valence-electron chi connectivity index (χ4n) is 3.99. The van der Waals surface area contributed by atoms with Crippen molar-refractivity contribution in [2.75, 3.05) is 31.8 Å². The summed E-state index contributed by atoms with van der Waals surface area (Å²) in [6, 6.07) is 19.2. The molecule has 0 unspecified atom stereocenters. The third kappa shape index (κ3) is 4.85. The number of nitrogens with one attached hydrogen (secondary N) is 1. The zero-order chi connectivity index (χ0) is 21.8. The van der Waals surface area contributed by atoms with E-state index in [9.17, 15) is 9.59 Å². The van der Waals surface area contributed by atoms with E-state index in [1.807, 2.05) is 66.9 Å². The number of nitrogens with zero attached hydrogens (tertiary/aromatic N) is 1. The standard InChI is InChI=1S/C25H26N2O3S/c1-30-22-10-7-17-14-19(6-5-18(17)15-22)24(28)20-4-3-13-27(16-20)25(29)26-21-8-11-23(31-2)12-9-21/h5-12,14-15,20H,3-4,13,16H2,1-2H3,(H,26,29)/t20-/m1/s1. The van der Waals surface area contributed by atoms with Gasteiger partial charge in [0.25, 0.3) is 0 Å². The smallest absolute Gasteiger partial charge is 0.321 e. The number of fused-ring (bicyclic) bond motifs is 1. The summed E-state index contributed by atoms with van der Waals surface area (Å²) in [6.07, 6.45) is 3.64. The maximum atomic E-state index is 13.2. The molecule has 1 saturated heterocycles. The van der Waals surface area contributed by atoms with Crippen LogP contribution in [0.3, 0.4) is 0 Å². The minimum absolute atomic E-state index is 0.0968. The second-order valence-electron chi connectivity index (χ2n) is 7.74. The van der Waals surface area contributed by atoms with Gasteiger partial charge in [0.05, 0.1) is 7.11 Å². The summed E-state index contributed by atoms with van der Waals surface area (Å²) in [6.45, 7) is 1.10. The van der Waals surface area contributed by atoms with Crippen LogP contribution >= 0.6 is 11.8 Å². The van der Waals surface area contributed by atoms with Crippen molar-refractivity contribution in [2.24, 2.45) is 5.92 Å². The quantitative estimate of drug-likeness (QED) is 0.414. The van der Waals surface area contributed by atoms with E-state index < -0.39 is 0 Å². The predicted octanol–water partition coefficient (Wildman–Crippen LogP) is 5.70. The Hall–Kier alpha value is -2.99. The van der Waals surface area contributed by atoms with Gasteiger partial charge in [0.15, 0.2) is 5.78 Å². The maximum absolute atomic E-state index is 13.2. The second kappa shape index (κ2) is 9.43. The van der Waals surface area contributed by atoms with Crippen LogP contribution in [-0.2, 0) is 0 Å². The fraction of sp³-hybridized carbons (Fsp3) is 0.280. The zero-order valence-electron chi connectivity index (χ0n) is 17.8. The van der Waals surface area contributed by atoms with Crippen molar-refractivity contribution in [2.45, 2.75) is 17.7 Å². The summed E-state index contributed by atoms with van der Waals surface area (Å²) in [7, 11) is 1.64. The first-order chi connectivity index (χ1) is 15.1. The molecular weight excluding hydrogens is 408 g/mol. The molecule has 1 aliphatic rings. The minimum Gasteiger partial charge on any atom is -0.497 e. The van der Waals surface area contributed by atoms with Crippen LogP contribution in [0.2, 0.25) is 0 Å². The van der Waals surface area contributed by atoms with Crippen molar-refractivity contribution in [1.82, 2.24) is 4.90 Å². The van der Waals surface area contributed by atoms with E-state index in [1.165, 1.54) is 0 Å². The molecule has 0 saturated carbocycles. The van der Waals surface area contributed by atoms with Gasteiger partial charge < -0.3 is 15.0 Å². The van der Waals surface area contributed by atoms with Gasteiger partial charge in [-0.3, -0.25) is 4.79 Å². The molecule has 160 valence electrons. The summed E-state index contributed by atoms with van der Waals surface area (Å²) >= 11 is 1.66. The number of rotatable bonds is 5. The van der Waals surface area contributed by atoms with Crippen LogP contribution in [0.15, 0.2) is 65.6 Å². The van der Waals surface area contributed by atoms with Crippen LogP contribution in [0.5, 0.6) is 5.75 Å².